The maximum absolute atomic E-state index is 11.3. The summed E-state index contributed by atoms with van der Waals surface area (Å²) in [6.45, 7) is 2.49. The van der Waals surface area contributed by atoms with Gasteiger partial charge in [0.2, 0.25) is 0 Å². The van der Waals surface area contributed by atoms with Crippen LogP contribution in [0.25, 0.3) is 0 Å². The van der Waals surface area contributed by atoms with Gasteiger partial charge in [-0.2, -0.15) is 0 Å². The molecule has 1 aliphatic heterocycles. The summed E-state index contributed by atoms with van der Waals surface area (Å²) in [5.41, 5.74) is 0. The number of ether oxygens (including phenoxy) is 1. The molecule has 1 rings (SSSR count). The molecule has 0 unspecified atom stereocenters. The summed E-state index contributed by atoms with van der Waals surface area (Å²) in [5, 5.41) is 0. The molecule has 5 nitrogen and oxygen atoms in total. The van der Waals surface area contributed by atoms with Crippen LogP contribution in [-0.4, -0.2) is 58.0 Å². The van der Waals surface area contributed by atoms with Crippen molar-refractivity contribution in [1.29, 1.82) is 0 Å². The SMILES string of the molecule is COC(=O)C1CCN(CCCS(C)(=O)=O)CC1. The molecule has 0 aromatic heterocycles. The van der Waals surface area contributed by atoms with Crippen LogP contribution in [0.1, 0.15) is 19.3 Å². The number of piperidine rings is 1. The minimum Gasteiger partial charge on any atom is -0.469 e. The number of hydrogen-bond acceptors (Lipinski definition) is 5. The summed E-state index contributed by atoms with van der Waals surface area (Å²) in [7, 11) is -1.44. The minimum absolute atomic E-state index is 0.0196. The minimum atomic E-state index is -2.85. The van der Waals surface area contributed by atoms with Crippen LogP contribution in [0.5, 0.6) is 0 Å². The van der Waals surface area contributed by atoms with E-state index in [-0.39, 0.29) is 17.6 Å². The van der Waals surface area contributed by atoms with Gasteiger partial charge >= 0.3 is 5.97 Å². The second-order valence-electron chi connectivity index (χ2n) is 4.62. The Kier molecular flexibility index (Phi) is 5.39. The zero-order chi connectivity index (χ0) is 12.9. The van der Waals surface area contributed by atoms with Gasteiger partial charge in [-0.05, 0) is 38.9 Å². The molecular weight excluding hydrogens is 242 g/mol. The van der Waals surface area contributed by atoms with Crippen molar-refractivity contribution < 1.29 is 17.9 Å². The quantitative estimate of drug-likeness (QED) is 0.668. The summed E-state index contributed by atoms with van der Waals surface area (Å²) < 4.78 is 26.7. The number of esters is 1. The van der Waals surface area contributed by atoms with E-state index in [4.69, 9.17) is 4.74 Å². The molecule has 0 spiro atoms. The fourth-order valence-corrected chi connectivity index (χ4v) is 2.76. The number of likely N-dealkylation sites (tertiary alicyclic amines) is 1. The van der Waals surface area contributed by atoms with E-state index in [1.807, 2.05) is 0 Å². The molecular formula is C11H21NO4S. The van der Waals surface area contributed by atoms with Crippen LogP contribution < -0.4 is 0 Å². The fraction of sp³-hybridized carbons (Fsp3) is 0.909. The zero-order valence-electron chi connectivity index (χ0n) is 10.5. The number of hydrogen-bond donors (Lipinski definition) is 0. The van der Waals surface area contributed by atoms with Crippen molar-refractivity contribution in [2.45, 2.75) is 19.3 Å². The Labute approximate surface area is 103 Å². The van der Waals surface area contributed by atoms with Gasteiger partial charge in [0.1, 0.15) is 9.84 Å². The van der Waals surface area contributed by atoms with Crippen molar-refractivity contribution >= 4 is 15.8 Å². The summed E-state index contributed by atoms with van der Waals surface area (Å²) in [6.07, 6.45) is 3.55. The Balaban J connectivity index is 2.21. The van der Waals surface area contributed by atoms with Gasteiger partial charge in [-0.25, -0.2) is 8.42 Å². The average molecular weight is 263 g/mol. The zero-order valence-corrected chi connectivity index (χ0v) is 11.3. The lowest BCUT2D eigenvalue weighted by atomic mass is 9.97. The first-order valence-corrected chi connectivity index (χ1v) is 7.96. The molecule has 0 aromatic rings. The van der Waals surface area contributed by atoms with Crippen molar-refractivity contribution in [2.24, 2.45) is 5.92 Å². The molecule has 1 saturated heterocycles. The van der Waals surface area contributed by atoms with Gasteiger partial charge in [0.25, 0.3) is 0 Å². The van der Waals surface area contributed by atoms with Crippen LogP contribution in [0.15, 0.2) is 0 Å². The maximum atomic E-state index is 11.3. The topological polar surface area (TPSA) is 63.7 Å². The molecule has 0 N–H and O–H groups in total. The van der Waals surface area contributed by atoms with Crippen molar-refractivity contribution in [3.05, 3.63) is 0 Å². The van der Waals surface area contributed by atoms with E-state index in [1.54, 1.807) is 0 Å². The van der Waals surface area contributed by atoms with E-state index in [0.29, 0.717) is 6.42 Å². The predicted octanol–water partition coefficient (Wildman–Crippen LogP) is 0.306. The van der Waals surface area contributed by atoms with Crippen molar-refractivity contribution in [2.75, 3.05) is 38.8 Å². The molecule has 100 valence electrons. The Morgan fingerprint density at radius 1 is 1.35 bits per heavy atom. The Hall–Kier alpha value is -0.620. The van der Waals surface area contributed by atoms with Gasteiger partial charge in [-0.15, -0.1) is 0 Å². The van der Waals surface area contributed by atoms with Crippen LogP contribution in [0.4, 0.5) is 0 Å². The summed E-state index contributed by atoms with van der Waals surface area (Å²) in [5.74, 6) is 0.135. The van der Waals surface area contributed by atoms with Crippen molar-refractivity contribution in [1.82, 2.24) is 4.90 Å². The normalized spacial score (nSPS) is 19.2. The predicted molar refractivity (Wildman–Crippen MR) is 65.5 cm³/mol. The number of rotatable bonds is 5. The molecule has 0 amide bonds. The van der Waals surface area contributed by atoms with E-state index in [1.165, 1.54) is 13.4 Å². The van der Waals surface area contributed by atoms with E-state index in [2.05, 4.69) is 4.90 Å². The lowest BCUT2D eigenvalue weighted by Crippen LogP contribution is -2.37. The molecule has 0 saturated carbocycles. The fourth-order valence-electron chi connectivity index (χ4n) is 2.11. The number of nitrogens with zero attached hydrogens (tertiary/aromatic N) is 1. The van der Waals surface area contributed by atoms with Gasteiger partial charge < -0.3 is 9.64 Å². The van der Waals surface area contributed by atoms with Crippen LogP contribution in [-0.2, 0) is 19.4 Å². The Morgan fingerprint density at radius 2 is 1.94 bits per heavy atom. The lowest BCUT2D eigenvalue weighted by Gasteiger charge is -2.30. The van der Waals surface area contributed by atoms with E-state index < -0.39 is 9.84 Å². The molecule has 0 atom stereocenters. The first-order valence-electron chi connectivity index (χ1n) is 5.90. The third-order valence-corrected chi connectivity index (χ3v) is 4.14. The molecule has 0 aliphatic carbocycles. The highest BCUT2D eigenvalue weighted by Crippen LogP contribution is 2.18. The van der Waals surface area contributed by atoms with Gasteiger partial charge in [0, 0.05) is 6.26 Å². The summed E-state index contributed by atoms with van der Waals surface area (Å²) in [4.78, 5) is 13.5. The standard InChI is InChI=1S/C11H21NO4S/c1-16-11(13)10-4-7-12(8-5-10)6-3-9-17(2,14)15/h10H,3-9H2,1-2H3. The van der Waals surface area contributed by atoms with Gasteiger partial charge in [0.15, 0.2) is 0 Å². The molecule has 0 aromatic carbocycles. The Morgan fingerprint density at radius 3 is 2.41 bits per heavy atom. The van der Waals surface area contributed by atoms with Gasteiger partial charge in [-0.1, -0.05) is 0 Å². The van der Waals surface area contributed by atoms with Crippen LogP contribution in [0.2, 0.25) is 0 Å². The molecule has 6 heteroatoms. The highest BCUT2D eigenvalue weighted by Gasteiger charge is 2.25. The smallest absolute Gasteiger partial charge is 0.308 e. The third-order valence-electron chi connectivity index (χ3n) is 3.11. The van der Waals surface area contributed by atoms with E-state index in [0.717, 1.165) is 32.5 Å². The highest BCUT2D eigenvalue weighted by atomic mass is 32.2. The Bertz CT molecular complexity index is 344. The molecule has 1 aliphatic rings. The van der Waals surface area contributed by atoms with E-state index in [9.17, 15) is 13.2 Å². The number of carbonyl (C=O) groups excluding carboxylic acids is 1. The van der Waals surface area contributed by atoms with Crippen molar-refractivity contribution in [3.8, 4) is 0 Å². The summed E-state index contributed by atoms with van der Waals surface area (Å²) >= 11 is 0. The summed E-state index contributed by atoms with van der Waals surface area (Å²) in [6, 6.07) is 0. The second-order valence-corrected chi connectivity index (χ2v) is 6.88. The first-order chi connectivity index (χ1) is 7.92. The van der Waals surface area contributed by atoms with Crippen LogP contribution in [0, 0.1) is 5.92 Å². The van der Waals surface area contributed by atoms with Crippen LogP contribution >= 0.6 is 0 Å². The molecule has 17 heavy (non-hydrogen) atoms. The highest BCUT2D eigenvalue weighted by molar-refractivity contribution is 7.90. The number of sulfone groups is 1. The maximum Gasteiger partial charge on any atom is 0.308 e. The molecule has 1 heterocycles. The number of carbonyl (C=O) groups is 1. The first kappa shape index (κ1) is 14.4. The monoisotopic (exact) mass is 263 g/mol. The van der Waals surface area contributed by atoms with Gasteiger partial charge in [0.05, 0.1) is 18.8 Å². The van der Waals surface area contributed by atoms with Gasteiger partial charge in [-0.3, -0.25) is 4.79 Å². The lowest BCUT2D eigenvalue weighted by molar-refractivity contribution is -0.147. The molecule has 1 fully saturated rings. The number of methoxy groups -OCH3 is 1. The van der Waals surface area contributed by atoms with E-state index >= 15 is 0 Å². The molecule has 0 bridgehead atoms. The average Bonchev–Trinajstić information content (AvgIpc) is 2.27. The second kappa shape index (κ2) is 6.35. The van der Waals surface area contributed by atoms with Crippen LogP contribution in [0.3, 0.4) is 0 Å². The molecule has 0 radical (unpaired) electrons. The third kappa shape index (κ3) is 5.50. The van der Waals surface area contributed by atoms with Crippen molar-refractivity contribution in [3.63, 3.8) is 0 Å². The largest absolute Gasteiger partial charge is 0.469 e.